The second kappa shape index (κ2) is 12.3. The Morgan fingerprint density at radius 2 is 1.76 bits per heavy atom. The number of aryl methyl sites for hydroxylation is 1. The van der Waals surface area contributed by atoms with Gasteiger partial charge in [0, 0.05) is 18.9 Å². The normalized spacial score (nSPS) is 10.9. The summed E-state index contributed by atoms with van der Waals surface area (Å²) in [5, 5.41) is 22.2. The maximum atomic E-state index is 12.6. The van der Waals surface area contributed by atoms with Crippen LogP contribution in [-0.2, 0) is 14.3 Å². The van der Waals surface area contributed by atoms with E-state index in [2.05, 4.69) is 27.1 Å². The zero-order valence-corrected chi connectivity index (χ0v) is 23.8. The van der Waals surface area contributed by atoms with Crippen molar-refractivity contribution in [1.29, 1.82) is 5.26 Å². The van der Waals surface area contributed by atoms with Crippen molar-refractivity contribution in [2.75, 3.05) is 26.0 Å². The van der Waals surface area contributed by atoms with Gasteiger partial charge in [-0.2, -0.15) is 10.4 Å². The Morgan fingerprint density at radius 3 is 2.40 bits per heavy atom. The van der Waals surface area contributed by atoms with Crippen LogP contribution in [0.5, 0.6) is 17.2 Å². The Hall–Kier alpha value is -5.57. The minimum absolute atomic E-state index is 0.169. The number of hydrogen-bond donors (Lipinski definition) is 3. The summed E-state index contributed by atoms with van der Waals surface area (Å²) < 4.78 is 18.5. The van der Waals surface area contributed by atoms with Crippen molar-refractivity contribution in [1.82, 2.24) is 20.2 Å². The molecule has 12 nitrogen and oxygen atoms in total. The first kappa shape index (κ1) is 29.4. The third-order valence-electron chi connectivity index (χ3n) is 6.38. The van der Waals surface area contributed by atoms with E-state index in [0.29, 0.717) is 50.8 Å². The van der Waals surface area contributed by atoms with Crippen molar-refractivity contribution in [3.05, 3.63) is 77.6 Å². The van der Waals surface area contributed by atoms with Gasteiger partial charge in [-0.15, -0.1) is 0 Å². The second-order valence-electron chi connectivity index (χ2n) is 9.66. The number of ether oxygens (including phenoxy) is 3. The molecule has 0 radical (unpaired) electrons. The number of anilines is 2. The zero-order valence-electron chi connectivity index (χ0n) is 23.8. The van der Waals surface area contributed by atoms with Gasteiger partial charge in [0.1, 0.15) is 11.8 Å². The summed E-state index contributed by atoms with van der Waals surface area (Å²) in [4.78, 5) is 36.3. The number of benzene rings is 2. The standard InChI is InChI=1S/C30H30N6O6/c1-18-22(28(38)40-5)17-36-27(18)26(19(14-31)15-34-36)35-20-10-12-21(13-11-20)41-23-8-6-7-9-24(23)42-30(2,3)29(39)33-16-25(37)32-4/h6-13,15,17,35H,16H2,1-5H3,(H,32,37)(H,33,39). The lowest BCUT2D eigenvalue weighted by molar-refractivity contribution is -0.135. The summed E-state index contributed by atoms with van der Waals surface area (Å²) in [5.74, 6) is -0.0791. The number of nitrogens with one attached hydrogen (secondary N) is 3. The number of aromatic nitrogens is 2. The molecule has 0 saturated heterocycles. The molecule has 3 N–H and O–H groups in total. The maximum Gasteiger partial charge on any atom is 0.339 e. The van der Waals surface area contributed by atoms with Gasteiger partial charge in [-0.05, 0) is 62.7 Å². The maximum absolute atomic E-state index is 12.6. The summed E-state index contributed by atoms with van der Waals surface area (Å²) in [6, 6.07) is 16.1. The fraction of sp³-hybridized carbons (Fsp3) is 0.233. The lowest BCUT2D eigenvalue weighted by atomic mass is 10.1. The molecular weight excluding hydrogens is 540 g/mol. The summed E-state index contributed by atoms with van der Waals surface area (Å²) in [6.07, 6.45) is 2.98. The monoisotopic (exact) mass is 570 g/mol. The molecular formula is C30H30N6O6. The molecule has 4 rings (SSSR count). The Labute approximate surface area is 242 Å². The van der Waals surface area contributed by atoms with Crippen LogP contribution in [0.25, 0.3) is 5.52 Å². The number of nitrogens with zero attached hydrogens (tertiary/aromatic N) is 3. The van der Waals surface area contributed by atoms with Gasteiger partial charge in [0.25, 0.3) is 5.91 Å². The fourth-order valence-electron chi connectivity index (χ4n) is 4.09. The molecule has 0 aliphatic heterocycles. The molecule has 0 unspecified atom stereocenters. The summed E-state index contributed by atoms with van der Waals surface area (Å²) >= 11 is 0. The van der Waals surface area contributed by atoms with Crippen LogP contribution in [0.3, 0.4) is 0 Å². The van der Waals surface area contributed by atoms with E-state index in [1.54, 1.807) is 75.5 Å². The van der Waals surface area contributed by atoms with Crippen molar-refractivity contribution >= 4 is 34.7 Å². The molecule has 12 heteroatoms. The lowest BCUT2D eigenvalue weighted by Crippen LogP contribution is -2.49. The Kier molecular flexibility index (Phi) is 8.62. The first-order chi connectivity index (χ1) is 20.1. The highest BCUT2D eigenvalue weighted by atomic mass is 16.5. The van der Waals surface area contributed by atoms with E-state index in [0.717, 1.165) is 0 Å². The molecule has 2 aromatic heterocycles. The highest BCUT2D eigenvalue weighted by molar-refractivity contribution is 5.97. The van der Waals surface area contributed by atoms with Crippen LogP contribution >= 0.6 is 0 Å². The molecule has 0 atom stereocenters. The van der Waals surface area contributed by atoms with E-state index in [-0.39, 0.29) is 12.5 Å². The van der Waals surface area contributed by atoms with E-state index in [4.69, 9.17) is 14.2 Å². The average molecular weight is 571 g/mol. The Balaban J connectivity index is 1.54. The van der Waals surface area contributed by atoms with Gasteiger partial charge < -0.3 is 30.2 Å². The van der Waals surface area contributed by atoms with Crippen molar-refractivity contribution in [2.24, 2.45) is 0 Å². The third kappa shape index (κ3) is 6.26. The molecule has 2 amide bonds. The number of amides is 2. The number of likely N-dealkylation sites (N-methyl/N-ethyl adjacent to an activating group) is 1. The summed E-state index contributed by atoms with van der Waals surface area (Å²) in [6.45, 7) is 4.78. The Bertz CT molecular complexity index is 1690. The molecule has 2 aromatic carbocycles. The van der Waals surface area contributed by atoms with Crippen molar-refractivity contribution in [3.8, 4) is 23.3 Å². The number of para-hydroxylation sites is 2. The topological polar surface area (TPSA) is 156 Å². The van der Waals surface area contributed by atoms with Crippen LogP contribution in [0.15, 0.2) is 60.9 Å². The van der Waals surface area contributed by atoms with E-state index in [9.17, 15) is 19.6 Å². The first-order valence-electron chi connectivity index (χ1n) is 12.9. The highest BCUT2D eigenvalue weighted by Crippen LogP contribution is 2.35. The third-order valence-corrected chi connectivity index (χ3v) is 6.38. The predicted molar refractivity (Wildman–Crippen MR) is 154 cm³/mol. The molecule has 216 valence electrons. The van der Waals surface area contributed by atoms with Crippen LogP contribution in [-0.4, -0.2) is 53.7 Å². The minimum atomic E-state index is -1.29. The average Bonchev–Trinajstić information content (AvgIpc) is 3.33. The summed E-state index contributed by atoms with van der Waals surface area (Å²) in [7, 11) is 2.79. The number of esters is 1. The predicted octanol–water partition coefficient (Wildman–Crippen LogP) is 3.86. The van der Waals surface area contributed by atoms with Gasteiger partial charge in [0.05, 0.1) is 42.2 Å². The highest BCUT2D eigenvalue weighted by Gasteiger charge is 2.31. The van der Waals surface area contributed by atoms with Gasteiger partial charge in [-0.3, -0.25) is 9.59 Å². The molecule has 0 saturated carbocycles. The van der Waals surface area contributed by atoms with Gasteiger partial charge in [0.15, 0.2) is 17.1 Å². The molecule has 0 fully saturated rings. The van der Waals surface area contributed by atoms with Crippen LogP contribution < -0.4 is 25.4 Å². The zero-order chi connectivity index (χ0) is 30.4. The van der Waals surface area contributed by atoms with Gasteiger partial charge in [-0.1, -0.05) is 12.1 Å². The molecule has 0 aliphatic carbocycles. The molecule has 0 aliphatic rings. The fourth-order valence-corrected chi connectivity index (χ4v) is 4.09. The number of fused-ring (bicyclic) bond motifs is 1. The minimum Gasteiger partial charge on any atom is -0.474 e. The van der Waals surface area contributed by atoms with Gasteiger partial charge in [-0.25, -0.2) is 9.31 Å². The SMILES string of the molecule is CNC(=O)CNC(=O)C(C)(C)Oc1ccccc1Oc1ccc(Nc2c(C#N)cnn3cc(C(=O)OC)c(C)c23)cc1. The van der Waals surface area contributed by atoms with Gasteiger partial charge >= 0.3 is 5.97 Å². The smallest absolute Gasteiger partial charge is 0.339 e. The number of methoxy groups -OCH3 is 1. The van der Waals surface area contributed by atoms with Crippen LogP contribution in [0.2, 0.25) is 0 Å². The van der Waals surface area contributed by atoms with Gasteiger partial charge in [0.2, 0.25) is 5.91 Å². The number of rotatable bonds is 10. The largest absolute Gasteiger partial charge is 0.474 e. The van der Waals surface area contributed by atoms with Crippen molar-refractivity contribution in [2.45, 2.75) is 26.4 Å². The number of carbonyl (C=O) groups is 3. The van der Waals surface area contributed by atoms with E-state index in [1.165, 1.54) is 24.9 Å². The van der Waals surface area contributed by atoms with E-state index < -0.39 is 17.5 Å². The first-order valence-corrected chi connectivity index (χ1v) is 12.9. The van der Waals surface area contributed by atoms with Crippen molar-refractivity contribution < 1.29 is 28.6 Å². The van der Waals surface area contributed by atoms with Crippen molar-refractivity contribution in [3.63, 3.8) is 0 Å². The number of carbonyl (C=O) groups excluding carboxylic acids is 3. The molecule has 0 bridgehead atoms. The van der Waals surface area contributed by atoms with E-state index in [1.807, 2.05) is 0 Å². The van der Waals surface area contributed by atoms with E-state index >= 15 is 0 Å². The van der Waals surface area contributed by atoms with Crippen LogP contribution in [0.4, 0.5) is 11.4 Å². The second-order valence-corrected chi connectivity index (χ2v) is 9.66. The number of nitriles is 1. The quantitative estimate of drug-likeness (QED) is 0.241. The van der Waals surface area contributed by atoms with Crippen LogP contribution in [0, 0.1) is 18.3 Å². The molecule has 2 heterocycles. The molecule has 0 spiro atoms. The lowest BCUT2D eigenvalue weighted by Gasteiger charge is -2.26. The summed E-state index contributed by atoms with van der Waals surface area (Å²) in [5.41, 5.74) is 1.70. The van der Waals surface area contributed by atoms with Crippen LogP contribution in [0.1, 0.15) is 35.3 Å². The molecule has 42 heavy (non-hydrogen) atoms. The molecule has 4 aromatic rings. The Morgan fingerprint density at radius 1 is 1.07 bits per heavy atom. The number of hydrogen-bond acceptors (Lipinski definition) is 9.